The predicted molar refractivity (Wildman–Crippen MR) is 68.8 cm³/mol. The van der Waals surface area contributed by atoms with Gasteiger partial charge in [-0.1, -0.05) is 22.9 Å². The standard InChI is InChI=1S/C12H22BrNO2/c1-4-11(2,7-8-13)14-10(15)12(3)6-5-9-16-12/h4-9H2,1-3H3,(H,14,15). The Hall–Kier alpha value is -0.0900. The summed E-state index contributed by atoms with van der Waals surface area (Å²) >= 11 is 3.43. The molecule has 1 aliphatic heterocycles. The Morgan fingerprint density at radius 2 is 2.31 bits per heavy atom. The summed E-state index contributed by atoms with van der Waals surface area (Å²) in [6, 6.07) is 0. The van der Waals surface area contributed by atoms with E-state index in [4.69, 9.17) is 4.74 Å². The van der Waals surface area contributed by atoms with Crippen LogP contribution in [0.3, 0.4) is 0 Å². The molecule has 1 saturated heterocycles. The zero-order valence-corrected chi connectivity index (χ0v) is 12.0. The van der Waals surface area contributed by atoms with Gasteiger partial charge in [0, 0.05) is 17.5 Å². The SMILES string of the molecule is CCC(C)(CCBr)NC(=O)C1(C)CCCO1. The summed E-state index contributed by atoms with van der Waals surface area (Å²) in [7, 11) is 0. The number of alkyl halides is 1. The van der Waals surface area contributed by atoms with E-state index in [1.807, 2.05) is 6.92 Å². The van der Waals surface area contributed by atoms with Crippen LogP contribution in [0.25, 0.3) is 0 Å². The number of ether oxygens (including phenoxy) is 1. The third kappa shape index (κ3) is 3.20. The monoisotopic (exact) mass is 291 g/mol. The summed E-state index contributed by atoms with van der Waals surface area (Å²) < 4.78 is 5.55. The van der Waals surface area contributed by atoms with Crippen LogP contribution >= 0.6 is 15.9 Å². The van der Waals surface area contributed by atoms with E-state index in [0.717, 1.165) is 31.0 Å². The van der Waals surface area contributed by atoms with Crippen molar-refractivity contribution in [2.45, 2.75) is 57.6 Å². The minimum absolute atomic E-state index is 0.0373. The molecule has 16 heavy (non-hydrogen) atoms. The first-order chi connectivity index (χ1) is 7.46. The molecule has 1 aliphatic rings. The molecule has 0 aromatic carbocycles. The van der Waals surface area contributed by atoms with E-state index in [2.05, 4.69) is 35.1 Å². The molecule has 1 amide bonds. The summed E-state index contributed by atoms with van der Waals surface area (Å²) in [5, 5.41) is 4.03. The molecule has 3 nitrogen and oxygen atoms in total. The van der Waals surface area contributed by atoms with Gasteiger partial charge in [0.1, 0.15) is 5.60 Å². The third-order valence-electron chi connectivity index (χ3n) is 3.54. The Bertz CT molecular complexity index is 251. The molecule has 1 N–H and O–H groups in total. The quantitative estimate of drug-likeness (QED) is 0.791. The number of nitrogens with one attached hydrogen (secondary N) is 1. The fraction of sp³-hybridized carbons (Fsp3) is 0.917. The molecule has 0 spiro atoms. The molecule has 1 fully saturated rings. The predicted octanol–water partition coefficient (Wildman–Crippen LogP) is 2.63. The van der Waals surface area contributed by atoms with E-state index in [1.165, 1.54) is 0 Å². The lowest BCUT2D eigenvalue weighted by molar-refractivity contribution is -0.141. The van der Waals surface area contributed by atoms with Crippen LogP contribution in [0.2, 0.25) is 0 Å². The molecular weight excluding hydrogens is 270 g/mol. The van der Waals surface area contributed by atoms with E-state index in [0.29, 0.717) is 6.61 Å². The Labute approximate surface area is 106 Å². The first-order valence-corrected chi connectivity index (χ1v) is 7.10. The number of amides is 1. The number of halogens is 1. The maximum Gasteiger partial charge on any atom is 0.252 e. The highest BCUT2D eigenvalue weighted by Gasteiger charge is 2.40. The lowest BCUT2D eigenvalue weighted by atomic mass is 9.93. The number of carbonyl (C=O) groups excluding carboxylic acids is 1. The first-order valence-electron chi connectivity index (χ1n) is 5.98. The van der Waals surface area contributed by atoms with Gasteiger partial charge in [0.25, 0.3) is 5.91 Å². The van der Waals surface area contributed by atoms with Crippen molar-refractivity contribution in [2.24, 2.45) is 0 Å². The molecule has 0 aromatic rings. The normalized spacial score (nSPS) is 28.8. The molecule has 2 unspecified atom stereocenters. The molecular formula is C12H22BrNO2. The van der Waals surface area contributed by atoms with Crippen LogP contribution in [-0.4, -0.2) is 29.0 Å². The smallest absolute Gasteiger partial charge is 0.252 e. The van der Waals surface area contributed by atoms with Crippen LogP contribution in [0.1, 0.15) is 46.5 Å². The van der Waals surface area contributed by atoms with Gasteiger partial charge >= 0.3 is 0 Å². The zero-order valence-electron chi connectivity index (χ0n) is 10.4. The van der Waals surface area contributed by atoms with Gasteiger partial charge in [-0.2, -0.15) is 0 Å². The maximum atomic E-state index is 12.2. The molecule has 0 radical (unpaired) electrons. The van der Waals surface area contributed by atoms with Gasteiger partial charge in [-0.15, -0.1) is 0 Å². The molecule has 94 valence electrons. The first kappa shape index (κ1) is 14.0. The van der Waals surface area contributed by atoms with Crippen molar-refractivity contribution in [3.05, 3.63) is 0 Å². The third-order valence-corrected chi connectivity index (χ3v) is 3.94. The number of hydrogen-bond acceptors (Lipinski definition) is 2. The molecule has 0 aliphatic carbocycles. The zero-order chi connectivity index (χ0) is 12.2. The second-order valence-corrected chi connectivity index (χ2v) is 5.78. The molecule has 4 heteroatoms. The van der Waals surface area contributed by atoms with Crippen molar-refractivity contribution >= 4 is 21.8 Å². The minimum Gasteiger partial charge on any atom is -0.365 e. The van der Waals surface area contributed by atoms with Crippen LogP contribution in [0.5, 0.6) is 0 Å². The summed E-state index contributed by atoms with van der Waals surface area (Å²) in [5.41, 5.74) is -0.738. The summed E-state index contributed by atoms with van der Waals surface area (Å²) in [4.78, 5) is 12.2. The Morgan fingerprint density at radius 1 is 1.62 bits per heavy atom. The van der Waals surface area contributed by atoms with Gasteiger partial charge in [-0.05, 0) is 39.5 Å². The van der Waals surface area contributed by atoms with Crippen LogP contribution in [-0.2, 0) is 9.53 Å². The molecule has 1 heterocycles. The topological polar surface area (TPSA) is 38.3 Å². The van der Waals surface area contributed by atoms with Gasteiger partial charge in [0.15, 0.2) is 0 Å². The highest BCUT2D eigenvalue weighted by atomic mass is 79.9. The maximum absolute atomic E-state index is 12.2. The molecule has 1 rings (SSSR count). The fourth-order valence-electron chi connectivity index (χ4n) is 1.90. The van der Waals surface area contributed by atoms with Crippen LogP contribution in [0.15, 0.2) is 0 Å². The molecule has 0 aromatic heterocycles. The van der Waals surface area contributed by atoms with Gasteiger partial charge < -0.3 is 10.1 Å². The number of rotatable bonds is 5. The highest BCUT2D eigenvalue weighted by molar-refractivity contribution is 9.09. The second-order valence-electron chi connectivity index (χ2n) is 4.99. The number of hydrogen-bond donors (Lipinski definition) is 1. The Balaban J connectivity index is 2.61. The van der Waals surface area contributed by atoms with Gasteiger partial charge in [-0.3, -0.25) is 4.79 Å². The van der Waals surface area contributed by atoms with E-state index in [1.54, 1.807) is 0 Å². The molecule has 0 saturated carbocycles. The lowest BCUT2D eigenvalue weighted by Gasteiger charge is -2.33. The Kier molecular flexibility index (Phi) is 4.80. The average molecular weight is 292 g/mol. The van der Waals surface area contributed by atoms with Gasteiger partial charge in [0.05, 0.1) is 0 Å². The van der Waals surface area contributed by atoms with Gasteiger partial charge in [0.2, 0.25) is 0 Å². The van der Waals surface area contributed by atoms with Gasteiger partial charge in [-0.25, -0.2) is 0 Å². The molecule has 0 bridgehead atoms. The second kappa shape index (κ2) is 5.50. The van der Waals surface area contributed by atoms with Crippen LogP contribution in [0.4, 0.5) is 0 Å². The van der Waals surface area contributed by atoms with Crippen molar-refractivity contribution in [3.63, 3.8) is 0 Å². The summed E-state index contributed by atoms with van der Waals surface area (Å²) in [5.74, 6) is 0.0373. The highest BCUT2D eigenvalue weighted by Crippen LogP contribution is 2.27. The van der Waals surface area contributed by atoms with Crippen molar-refractivity contribution in [1.29, 1.82) is 0 Å². The average Bonchev–Trinajstić information content (AvgIpc) is 2.67. The van der Waals surface area contributed by atoms with E-state index < -0.39 is 5.60 Å². The lowest BCUT2D eigenvalue weighted by Crippen LogP contribution is -2.54. The van der Waals surface area contributed by atoms with E-state index in [9.17, 15) is 4.79 Å². The van der Waals surface area contributed by atoms with Crippen molar-refractivity contribution in [3.8, 4) is 0 Å². The van der Waals surface area contributed by atoms with Crippen LogP contribution in [0, 0.1) is 0 Å². The van der Waals surface area contributed by atoms with E-state index >= 15 is 0 Å². The van der Waals surface area contributed by atoms with Crippen molar-refractivity contribution < 1.29 is 9.53 Å². The summed E-state index contributed by atoms with van der Waals surface area (Å²) in [6.45, 7) is 6.77. The Morgan fingerprint density at radius 3 is 2.75 bits per heavy atom. The van der Waals surface area contributed by atoms with E-state index in [-0.39, 0.29) is 11.4 Å². The van der Waals surface area contributed by atoms with Crippen molar-refractivity contribution in [2.75, 3.05) is 11.9 Å². The number of carbonyl (C=O) groups is 1. The minimum atomic E-state index is -0.608. The molecule has 2 atom stereocenters. The van der Waals surface area contributed by atoms with Crippen LogP contribution < -0.4 is 5.32 Å². The summed E-state index contributed by atoms with van der Waals surface area (Å²) in [6.07, 6.45) is 3.67. The fourth-order valence-corrected chi connectivity index (χ4v) is 2.78. The largest absolute Gasteiger partial charge is 0.365 e. The van der Waals surface area contributed by atoms with Crippen molar-refractivity contribution in [1.82, 2.24) is 5.32 Å².